The fourth-order valence-electron chi connectivity index (χ4n) is 1.72. The Morgan fingerprint density at radius 2 is 2.17 bits per heavy atom. The summed E-state index contributed by atoms with van der Waals surface area (Å²) in [7, 11) is 0. The van der Waals surface area contributed by atoms with Gasteiger partial charge in [0.1, 0.15) is 0 Å². The van der Waals surface area contributed by atoms with E-state index in [1.54, 1.807) is 0 Å². The summed E-state index contributed by atoms with van der Waals surface area (Å²) in [5.74, 6) is 0. The van der Waals surface area contributed by atoms with Crippen molar-refractivity contribution < 1.29 is 0 Å². The molecule has 12 heavy (non-hydrogen) atoms. The van der Waals surface area contributed by atoms with Crippen molar-refractivity contribution in [1.29, 1.82) is 0 Å². The summed E-state index contributed by atoms with van der Waals surface area (Å²) in [5.41, 5.74) is 7.97. The molecular formula is C8H14N4. The number of hydrogen-bond donors (Lipinski definition) is 1. The molecule has 0 unspecified atom stereocenters. The third kappa shape index (κ3) is 1.22. The van der Waals surface area contributed by atoms with E-state index in [4.69, 9.17) is 5.73 Å². The molecule has 66 valence electrons. The first-order valence-electron chi connectivity index (χ1n) is 4.53. The Morgan fingerprint density at radius 3 is 3.00 bits per heavy atom. The minimum atomic E-state index is 0.649. The number of aromatic nitrogens is 3. The molecule has 1 aliphatic carbocycles. The van der Waals surface area contributed by atoms with E-state index >= 15 is 0 Å². The van der Waals surface area contributed by atoms with Crippen molar-refractivity contribution in [3.8, 4) is 0 Å². The Balaban J connectivity index is 2.25. The van der Waals surface area contributed by atoms with Crippen LogP contribution < -0.4 is 5.73 Å². The van der Waals surface area contributed by atoms with Crippen LogP contribution in [0.3, 0.4) is 0 Å². The monoisotopic (exact) mass is 166 g/mol. The molecule has 0 fully saturated rings. The summed E-state index contributed by atoms with van der Waals surface area (Å²) >= 11 is 0. The number of aryl methyl sites for hydroxylation is 1. The van der Waals surface area contributed by atoms with Crippen LogP contribution in [0, 0.1) is 0 Å². The summed E-state index contributed by atoms with van der Waals surface area (Å²) < 4.78 is 1.95. The summed E-state index contributed by atoms with van der Waals surface area (Å²) in [5, 5.41) is 8.21. The van der Waals surface area contributed by atoms with E-state index in [1.165, 1.54) is 24.2 Å². The van der Waals surface area contributed by atoms with E-state index < -0.39 is 0 Å². The van der Waals surface area contributed by atoms with Gasteiger partial charge >= 0.3 is 0 Å². The molecule has 2 rings (SSSR count). The van der Waals surface area contributed by atoms with Crippen LogP contribution >= 0.6 is 0 Å². The zero-order valence-corrected chi connectivity index (χ0v) is 7.16. The predicted octanol–water partition coefficient (Wildman–Crippen LogP) is 0.116. The van der Waals surface area contributed by atoms with Gasteiger partial charge in [-0.3, -0.25) is 0 Å². The summed E-state index contributed by atoms with van der Waals surface area (Å²) in [6.45, 7) is 1.46. The largest absolute Gasteiger partial charge is 0.329 e. The van der Waals surface area contributed by atoms with Crippen LogP contribution in [-0.4, -0.2) is 21.5 Å². The van der Waals surface area contributed by atoms with Gasteiger partial charge in [0.15, 0.2) is 0 Å². The molecule has 0 saturated heterocycles. The first kappa shape index (κ1) is 7.73. The van der Waals surface area contributed by atoms with Crippen LogP contribution in [0.15, 0.2) is 0 Å². The van der Waals surface area contributed by atoms with Crippen molar-refractivity contribution in [1.82, 2.24) is 15.0 Å². The van der Waals surface area contributed by atoms with Crippen LogP contribution in [0.5, 0.6) is 0 Å². The summed E-state index contributed by atoms with van der Waals surface area (Å²) in [4.78, 5) is 0. The zero-order chi connectivity index (χ0) is 8.39. The maximum atomic E-state index is 5.46. The molecule has 0 amide bonds. The van der Waals surface area contributed by atoms with Crippen molar-refractivity contribution in [3.63, 3.8) is 0 Å². The Kier molecular flexibility index (Phi) is 2.08. The minimum absolute atomic E-state index is 0.649. The van der Waals surface area contributed by atoms with Gasteiger partial charge in [0, 0.05) is 6.54 Å². The summed E-state index contributed by atoms with van der Waals surface area (Å²) in [6.07, 6.45) is 4.75. The Morgan fingerprint density at radius 1 is 1.33 bits per heavy atom. The zero-order valence-electron chi connectivity index (χ0n) is 7.16. The number of nitrogens with two attached hydrogens (primary N) is 1. The average Bonchev–Trinajstić information content (AvgIpc) is 2.50. The highest BCUT2D eigenvalue weighted by atomic mass is 15.4. The van der Waals surface area contributed by atoms with Gasteiger partial charge in [0.05, 0.1) is 17.9 Å². The molecule has 0 spiro atoms. The molecule has 0 bridgehead atoms. The molecule has 0 radical (unpaired) electrons. The smallest absolute Gasteiger partial charge is 0.0859 e. The highest BCUT2D eigenvalue weighted by Gasteiger charge is 2.15. The number of fused-ring (bicyclic) bond motifs is 1. The maximum Gasteiger partial charge on any atom is 0.0859 e. The van der Waals surface area contributed by atoms with Gasteiger partial charge in [-0.05, 0) is 25.7 Å². The SMILES string of the molecule is NCCn1nnc2c1CCCC2. The van der Waals surface area contributed by atoms with Crippen molar-refractivity contribution in [2.45, 2.75) is 32.2 Å². The summed E-state index contributed by atoms with van der Waals surface area (Å²) in [6, 6.07) is 0. The Bertz CT molecular complexity index is 266. The van der Waals surface area contributed by atoms with Gasteiger partial charge in [0.25, 0.3) is 0 Å². The normalized spacial score (nSPS) is 16.1. The lowest BCUT2D eigenvalue weighted by atomic mass is 10.0. The quantitative estimate of drug-likeness (QED) is 0.678. The first-order chi connectivity index (χ1) is 5.92. The first-order valence-corrected chi connectivity index (χ1v) is 4.53. The van der Waals surface area contributed by atoms with E-state index in [0.717, 1.165) is 19.4 Å². The molecular weight excluding hydrogens is 152 g/mol. The third-order valence-corrected chi connectivity index (χ3v) is 2.34. The van der Waals surface area contributed by atoms with E-state index in [1.807, 2.05) is 4.68 Å². The van der Waals surface area contributed by atoms with Crippen LogP contribution in [-0.2, 0) is 19.4 Å². The van der Waals surface area contributed by atoms with Gasteiger partial charge in [-0.2, -0.15) is 0 Å². The molecule has 2 N–H and O–H groups in total. The second-order valence-electron chi connectivity index (χ2n) is 3.20. The molecule has 1 aromatic rings. The van der Waals surface area contributed by atoms with E-state index in [9.17, 15) is 0 Å². The predicted molar refractivity (Wildman–Crippen MR) is 45.7 cm³/mol. The minimum Gasteiger partial charge on any atom is -0.329 e. The molecule has 4 nitrogen and oxygen atoms in total. The van der Waals surface area contributed by atoms with Gasteiger partial charge in [0.2, 0.25) is 0 Å². The van der Waals surface area contributed by atoms with Crippen LogP contribution in [0.1, 0.15) is 24.2 Å². The fraction of sp³-hybridized carbons (Fsp3) is 0.750. The second kappa shape index (κ2) is 3.23. The molecule has 1 aliphatic rings. The highest BCUT2D eigenvalue weighted by Crippen LogP contribution is 2.17. The molecule has 0 aromatic carbocycles. The molecule has 4 heteroatoms. The number of nitrogens with zero attached hydrogens (tertiary/aromatic N) is 3. The lowest BCUT2D eigenvalue weighted by Gasteiger charge is -2.10. The Hall–Kier alpha value is -0.900. The van der Waals surface area contributed by atoms with Gasteiger partial charge in [-0.15, -0.1) is 5.10 Å². The maximum absolute atomic E-state index is 5.46. The van der Waals surface area contributed by atoms with Crippen molar-refractivity contribution >= 4 is 0 Å². The second-order valence-corrected chi connectivity index (χ2v) is 3.20. The highest BCUT2D eigenvalue weighted by molar-refractivity contribution is 5.13. The lowest BCUT2D eigenvalue weighted by molar-refractivity contribution is 0.557. The van der Waals surface area contributed by atoms with Gasteiger partial charge < -0.3 is 5.73 Å². The van der Waals surface area contributed by atoms with Crippen LogP contribution in [0.4, 0.5) is 0 Å². The van der Waals surface area contributed by atoms with E-state index in [0.29, 0.717) is 6.54 Å². The molecule has 1 heterocycles. The lowest BCUT2D eigenvalue weighted by Crippen LogP contribution is -2.15. The number of rotatable bonds is 2. The molecule has 0 aliphatic heterocycles. The van der Waals surface area contributed by atoms with Crippen molar-refractivity contribution in [2.24, 2.45) is 5.73 Å². The van der Waals surface area contributed by atoms with Gasteiger partial charge in [-0.1, -0.05) is 5.21 Å². The fourth-order valence-corrected chi connectivity index (χ4v) is 1.72. The molecule has 0 saturated carbocycles. The van der Waals surface area contributed by atoms with Gasteiger partial charge in [-0.25, -0.2) is 4.68 Å². The van der Waals surface area contributed by atoms with Crippen LogP contribution in [0.25, 0.3) is 0 Å². The van der Waals surface area contributed by atoms with Crippen LogP contribution in [0.2, 0.25) is 0 Å². The number of hydrogen-bond acceptors (Lipinski definition) is 3. The molecule has 0 atom stereocenters. The molecule has 1 aromatic heterocycles. The van der Waals surface area contributed by atoms with E-state index in [2.05, 4.69) is 10.3 Å². The Labute approximate surface area is 71.8 Å². The standard InChI is InChI=1S/C8H14N4/c9-5-6-12-8-4-2-1-3-7(8)10-11-12/h1-6,9H2. The topological polar surface area (TPSA) is 56.7 Å². The van der Waals surface area contributed by atoms with Crippen molar-refractivity contribution in [3.05, 3.63) is 11.4 Å². The average molecular weight is 166 g/mol. The third-order valence-electron chi connectivity index (χ3n) is 2.34. The van der Waals surface area contributed by atoms with Crippen molar-refractivity contribution in [2.75, 3.05) is 6.54 Å². The van der Waals surface area contributed by atoms with E-state index in [-0.39, 0.29) is 0 Å².